The van der Waals surface area contributed by atoms with Crippen LogP contribution < -0.4 is 4.74 Å². The van der Waals surface area contributed by atoms with Gasteiger partial charge in [-0.25, -0.2) is 0 Å². The summed E-state index contributed by atoms with van der Waals surface area (Å²) in [6.45, 7) is 7.43. The minimum absolute atomic E-state index is 0.0176. The van der Waals surface area contributed by atoms with Gasteiger partial charge in [0.05, 0.1) is 37.8 Å². The second-order valence-electron chi connectivity index (χ2n) is 7.96. The monoisotopic (exact) mass is 399 g/mol. The van der Waals surface area contributed by atoms with Crippen LogP contribution in [0.3, 0.4) is 0 Å². The molecule has 0 aliphatic carbocycles. The highest BCUT2D eigenvalue weighted by atomic mass is 16.6. The van der Waals surface area contributed by atoms with E-state index in [0.29, 0.717) is 19.8 Å². The number of ether oxygens (including phenoxy) is 3. The zero-order valence-electron chi connectivity index (χ0n) is 17.3. The first-order chi connectivity index (χ1) is 14.0. The number of likely N-dealkylation sites (tertiary alicyclic amines) is 1. The van der Waals surface area contributed by atoms with Crippen molar-refractivity contribution in [3.63, 3.8) is 0 Å². The molecule has 156 valence electrons. The van der Waals surface area contributed by atoms with Gasteiger partial charge in [-0.2, -0.15) is 0 Å². The van der Waals surface area contributed by atoms with Crippen molar-refractivity contribution in [3.8, 4) is 5.75 Å². The van der Waals surface area contributed by atoms with E-state index >= 15 is 0 Å². The Morgan fingerprint density at radius 3 is 2.69 bits per heavy atom. The van der Waals surface area contributed by atoms with E-state index in [1.54, 1.807) is 0 Å². The lowest BCUT2D eigenvalue weighted by Crippen LogP contribution is -2.40. The van der Waals surface area contributed by atoms with Crippen LogP contribution >= 0.6 is 0 Å². The van der Waals surface area contributed by atoms with Crippen LogP contribution in [-0.2, 0) is 19.1 Å². The maximum absolute atomic E-state index is 13.5. The summed E-state index contributed by atoms with van der Waals surface area (Å²) in [5, 5.41) is 0. The molecule has 3 aliphatic heterocycles. The molecule has 5 unspecified atom stereocenters. The Morgan fingerprint density at radius 1 is 1.28 bits per heavy atom. The van der Waals surface area contributed by atoms with Gasteiger partial charge >= 0.3 is 5.97 Å². The van der Waals surface area contributed by atoms with Gasteiger partial charge in [-0.15, -0.1) is 0 Å². The number of amides is 1. The van der Waals surface area contributed by atoms with Crippen molar-refractivity contribution < 1.29 is 23.8 Å². The van der Waals surface area contributed by atoms with Gasteiger partial charge in [0.2, 0.25) is 5.91 Å². The summed E-state index contributed by atoms with van der Waals surface area (Å²) in [7, 11) is 0. The van der Waals surface area contributed by atoms with Crippen LogP contribution in [0.1, 0.15) is 45.2 Å². The van der Waals surface area contributed by atoms with Gasteiger partial charge in [-0.3, -0.25) is 9.59 Å². The van der Waals surface area contributed by atoms with Crippen LogP contribution in [0.2, 0.25) is 0 Å². The first kappa shape index (κ1) is 20.0. The van der Waals surface area contributed by atoms with Crippen LogP contribution in [0.4, 0.5) is 0 Å². The molecule has 2 fully saturated rings. The number of hydrogen-bond acceptors (Lipinski definition) is 5. The van der Waals surface area contributed by atoms with Crippen LogP contribution in [0, 0.1) is 11.8 Å². The Morgan fingerprint density at radius 2 is 2.03 bits per heavy atom. The molecule has 1 spiro atoms. The lowest BCUT2D eigenvalue weighted by molar-refractivity contribution is -0.154. The van der Waals surface area contributed by atoms with E-state index < -0.39 is 17.4 Å². The largest absolute Gasteiger partial charge is 0.494 e. The Kier molecular flexibility index (Phi) is 5.38. The van der Waals surface area contributed by atoms with E-state index in [1.807, 2.05) is 55.2 Å². The minimum atomic E-state index is -0.712. The zero-order chi connectivity index (χ0) is 20.6. The number of rotatable bonds is 8. The Balaban J connectivity index is 1.58. The second kappa shape index (κ2) is 7.82. The van der Waals surface area contributed by atoms with Crippen molar-refractivity contribution in [2.75, 3.05) is 19.8 Å². The summed E-state index contributed by atoms with van der Waals surface area (Å²) in [5.74, 6) is -0.577. The lowest BCUT2D eigenvalue weighted by atomic mass is 9.77. The first-order valence-electron chi connectivity index (χ1n) is 10.6. The second-order valence-corrected chi connectivity index (χ2v) is 7.96. The summed E-state index contributed by atoms with van der Waals surface area (Å²) < 4.78 is 17.1. The summed E-state index contributed by atoms with van der Waals surface area (Å²) >= 11 is 0. The molecule has 0 radical (unpaired) electrons. The molecule has 5 atom stereocenters. The summed E-state index contributed by atoms with van der Waals surface area (Å²) in [6.07, 6.45) is 5.07. The molecule has 0 N–H and O–H groups in total. The molecular formula is C23H29NO5. The SMILES string of the molecule is CCCOC(=O)C1C2C=CC3(CN(C(CC)c4ccc(OCC)cc4)C(=O)C13)O2. The summed E-state index contributed by atoms with van der Waals surface area (Å²) in [4.78, 5) is 28.0. The molecule has 4 rings (SSSR count). The molecule has 2 saturated heterocycles. The van der Waals surface area contributed by atoms with Gasteiger partial charge in [0, 0.05) is 0 Å². The van der Waals surface area contributed by atoms with Gasteiger partial charge in [-0.05, 0) is 37.5 Å². The van der Waals surface area contributed by atoms with Gasteiger partial charge in [0.15, 0.2) is 0 Å². The third kappa shape index (κ3) is 3.23. The number of benzene rings is 1. The fourth-order valence-corrected chi connectivity index (χ4v) is 4.95. The highest BCUT2D eigenvalue weighted by molar-refractivity contribution is 5.91. The van der Waals surface area contributed by atoms with Gasteiger partial charge < -0.3 is 19.1 Å². The van der Waals surface area contributed by atoms with E-state index in [-0.39, 0.29) is 24.0 Å². The van der Waals surface area contributed by atoms with Crippen molar-refractivity contribution in [1.29, 1.82) is 0 Å². The molecule has 0 saturated carbocycles. The Hall–Kier alpha value is -2.34. The standard InChI is InChI=1S/C23H29NO5/c1-4-13-28-22(26)19-18-11-12-23(29-18)14-24(21(25)20(19)23)17(5-2)15-7-9-16(10-8-15)27-6-3/h7-12,17-20H,4-6,13-14H2,1-3H3. The average molecular weight is 399 g/mol. The molecule has 1 aromatic rings. The quantitative estimate of drug-likeness (QED) is 0.496. The maximum Gasteiger partial charge on any atom is 0.312 e. The van der Waals surface area contributed by atoms with Crippen molar-refractivity contribution in [2.45, 2.75) is 51.4 Å². The lowest BCUT2D eigenvalue weighted by Gasteiger charge is -2.30. The number of nitrogens with zero attached hydrogens (tertiary/aromatic N) is 1. The Bertz CT molecular complexity index is 804. The topological polar surface area (TPSA) is 65.1 Å². The molecule has 0 aromatic heterocycles. The van der Waals surface area contributed by atoms with Crippen LogP contribution in [0.25, 0.3) is 0 Å². The highest BCUT2D eigenvalue weighted by Crippen LogP contribution is 2.53. The molecule has 3 heterocycles. The van der Waals surface area contributed by atoms with Gasteiger partial charge in [-0.1, -0.05) is 38.1 Å². The predicted octanol–water partition coefficient (Wildman–Crippen LogP) is 3.27. The number of hydrogen-bond donors (Lipinski definition) is 0. The predicted molar refractivity (Wildman–Crippen MR) is 107 cm³/mol. The molecule has 1 amide bonds. The van der Waals surface area contributed by atoms with E-state index in [1.165, 1.54) is 0 Å². The third-order valence-electron chi connectivity index (χ3n) is 6.19. The van der Waals surface area contributed by atoms with E-state index in [4.69, 9.17) is 14.2 Å². The number of esters is 1. The molecule has 6 heteroatoms. The van der Waals surface area contributed by atoms with Crippen LogP contribution in [0.5, 0.6) is 5.75 Å². The van der Waals surface area contributed by atoms with Crippen LogP contribution in [0.15, 0.2) is 36.4 Å². The maximum atomic E-state index is 13.5. The average Bonchev–Trinajstić information content (AvgIpc) is 3.37. The minimum Gasteiger partial charge on any atom is -0.494 e. The molecule has 29 heavy (non-hydrogen) atoms. The fourth-order valence-electron chi connectivity index (χ4n) is 4.95. The fraction of sp³-hybridized carbons (Fsp3) is 0.565. The highest BCUT2D eigenvalue weighted by Gasteiger charge is 2.67. The normalized spacial score (nSPS) is 30.5. The van der Waals surface area contributed by atoms with Gasteiger partial charge in [0.25, 0.3) is 0 Å². The van der Waals surface area contributed by atoms with Crippen molar-refractivity contribution in [2.24, 2.45) is 11.8 Å². The number of carbonyl (C=O) groups is 2. The van der Waals surface area contributed by atoms with Crippen LogP contribution in [-0.4, -0.2) is 48.2 Å². The van der Waals surface area contributed by atoms with E-state index in [2.05, 4.69) is 6.92 Å². The molecule has 3 aliphatic rings. The third-order valence-corrected chi connectivity index (χ3v) is 6.19. The molecule has 1 aromatic carbocycles. The first-order valence-corrected chi connectivity index (χ1v) is 10.6. The van der Waals surface area contributed by atoms with Crippen molar-refractivity contribution in [3.05, 3.63) is 42.0 Å². The summed E-state index contributed by atoms with van der Waals surface area (Å²) in [6, 6.07) is 7.84. The summed E-state index contributed by atoms with van der Waals surface area (Å²) in [5.41, 5.74) is 0.348. The smallest absolute Gasteiger partial charge is 0.312 e. The molecular weight excluding hydrogens is 370 g/mol. The molecule has 2 bridgehead atoms. The van der Waals surface area contributed by atoms with E-state index in [9.17, 15) is 9.59 Å². The van der Waals surface area contributed by atoms with Crippen molar-refractivity contribution >= 4 is 11.9 Å². The van der Waals surface area contributed by atoms with E-state index in [0.717, 1.165) is 24.2 Å². The number of fused-ring (bicyclic) bond motifs is 1. The van der Waals surface area contributed by atoms with Crippen molar-refractivity contribution in [1.82, 2.24) is 4.90 Å². The number of carbonyl (C=O) groups excluding carboxylic acids is 2. The Labute approximate surface area is 171 Å². The van der Waals surface area contributed by atoms with Gasteiger partial charge in [0.1, 0.15) is 17.3 Å². The zero-order valence-corrected chi connectivity index (χ0v) is 17.3. The molecule has 6 nitrogen and oxygen atoms in total.